The molecule has 2 heterocycles. The Balaban J connectivity index is 1.62. The van der Waals surface area contributed by atoms with Crippen molar-refractivity contribution in [2.24, 2.45) is 10.3 Å². The van der Waals surface area contributed by atoms with Gasteiger partial charge in [-0.25, -0.2) is 14.6 Å². The molecule has 0 aliphatic rings. The van der Waals surface area contributed by atoms with Crippen molar-refractivity contribution >= 4 is 57.2 Å². The van der Waals surface area contributed by atoms with Crippen LogP contribution >= 0.6 is 0 Å². The highest BCUT2D eigenvalue weighted by Gasteiger charge is 2.20. The first-order valence-corrected chi connectivity index (χ1v) is 13.7. The van der Waals surface area contributed by atoms with E-state index in [4.69, 9.17) is 9.68 Å². The Morgan fingerprint density at radius 1 is 0.682 bits per heavy atom. The van der Waals surface area contributed by atoms with Crippen LogP contribution in [0.25, 0.3) is 11.0 Å². The standard InChI is InChI=1S/C34H29N5O5/c1-21(37-43-23(3)40)25-10-14-28(15-11-25)39(29-16-12-27(13-17-29)33(42)26-8-6-5-7-9-26)32-20-31(22(2)38-44-24(4)41)36-34-30(32)18-19-35-34/h5-20H,1-4H3,(H,35,36)/b37-21-,38-22+. The van der Waals surface area contributed by atoms with Crippen molar-refractivity contribution in [3.05, 3.63) is 120 Å². The number of rotatable bonds is 9. The fraction of sp³-hybridized carbons (Fsp3) is 0.118. The molecule has 0 radical (unpaired) electrons. The number of nitrogens with one attached hydrogen (secondary N) is 1. The number of carbonyl (C=O) groups is 3. The number of pyridine rings is 1. The van der Waals surface area contributed by atoms with E-state index < -0.39 is 11.9 Å². The summed E-state index contributed by atoms with van der Waals surface area (Å²) in [5, 5.41) is 8.66. The van der Waals surface area contributed by atoms with Crippen molar-refractivity contribution in [1.82, 2.24) is 9.97 Å². The van der Waals surface area contributed by atoms with Gasteiger partial charge in [-0.1, -0.05) is 52.8 Å². The summed E-state index contributed by atoms with van der Waals surface area (Å²) in [7, 11) is 0. The van der Waals surface area contributed by atoms with Gasteiger partial charge in [0.05, 0.1) is 17.1 Å². The zero-order valence-corrected chi connectivity index (χ0v) is 24.6. The van der Waals surface area contributed by atoms with Gasteiger partial charge in [-0.3, -0.25) is 4.79 Å². The third-order valence-electron chi connectivity index (χ3n) is 6.71. The molecule has 0 spiro atoms. The average molecular weight is 588 g/mol. The highest BCUT2D eigenvalue weighted by Crippen LogP contribution is 2.39. The molecule has 0 bridgehead atoms. The SMILES string of the molecule is CC(=O)O/N=C(/C)c1ccc(N(c2ccc(C(=O)c3ccccc3)cc2)c2cc(/C(C)=N/OC(C)=O)nc3[nH]ccc23)cc1. The number of H-pyrrole nitrogens is 1. The maximum Gasteiger partial charge on any atom is 0.331 e. The van der Waals surface area contributed by atoms with E-state index in [-0.39, 0.29) is 5.78 Å². The van der Waals surface area contributed by atoms with Crippen LogP contribution in [0.4, 0.5) is 17.1 Å². The second-order valence-electron chi connectivity index (χ2n) is 9.91. The highest BCUT2D eigenvalue weighted by atomic mass is 16.7. The third-order valence-corrected chi connectivity index (χ3v) is 6.71. The zero-order valence-electron chi connectivity index (χ0n) is 24.6. The van der Waals surface area contributed by atoms with Crippen molar-refractivity contribution in [3.63, 3.8) is 0 Å². The number of aromatic amines is 1. The van der Waals surface area contributed by atoms with Gasteiger partial charge in [0, 0.05) is 47.9 Å². The summed E-state index contributed by atoms with van der Waals surface area (Å²) in [5.74, 6) is -1.12. The van der Waals surface area contributed by atoms with E-state index in [1.807, 2.05) is 71.6 Å². The lowest BCUT2D eigenvalue weighted by atomic mass is 10.0. The van der Waals surface area contributed by atoms with Gasteiger partial charge in [-0.15, -0.1) is 0 Å². The minimum Gasteiger partial charge on any atom is -0.346 e. The van der Waals surface area contributed by atoms with E-state index in [9.17, 15) is 14.4 Å². The van der Waals surface area contributed by atoms with Gasteiger partial charge in [0.25, 0.3) is 0 Å². The molecule has 10 nitrogen and oxygen atoms in total. The van der Waals surface area contributed by atoms with Crippen LogP contribution in [0.15, 0.2) is 108 Å². The van der Waals surface area contributed by atoms with Gasteiger partial charge in [0.15, 0.2) is 5.78 Å². The number of oxime groups is 2. The van der Waals surface area contributed by atoms with E-state index in [1.165, 1.54) is 13.8 Å². The lowest BCUT2D eigenvalue weighted by molar-refractivity contribution is -0.141. The van der Waals surface area contributed by atoms with Crippen LogP contribution < -0.4 is 4.90 Å². The molecular weight excluding hydrogens is 558 g/mol. The van der Waals surface area contributed by atoms with Crippen LogP contribution in [0.3, 0.4) is 0 Å². The number of carbonyl (C=O) groups excluding carboxylic acids is 3. The third kappa shape index (κ3) is 6.60. The second kappa shape index (κ2) is 13.0. The topological polar surface area (TPSA) is 126 Å². The van der Waals surface area contributed by atoms with Crippen LogP contribution in [0.1, 0.15) is 54.9 Å². The molecular formula is C34H29N5O5. The Morgan fingerprint density at radius 2 is 1.23 bits per heavy atom. The normalized spacial score (nSPS) is 11.7. The number of hydrogen-bond acceptors (Lipinski definition) is 9. The molecule has 1 N–H and O–H groups in total. The molecule has 0 saturated carbocycles. The predicted octanol–water partition coefficient (Wildman–Crippen LogP) is 6.84. The van der Waals surface area contributed by atoms with Gasteiger partial charge in [-0.2, -0.15) is 0 Å². The molecule has 0 unspecified atom stereocenters. The van der Waals surface area contributed by atoms with Crippen molar-refractivity contribution in [2.75, 3.05) is 4.90 Å². The van der Waals surface area contributed by atoms with Gasteiger partial charge in [0.1, 0.15) is 11.4 Å². The lowest BCUT2D eigenvalue weighted by Gasteiger charge is -2.27. The molecule has 3 aromatic carbocycles. The van der Waals surface area contributed by atoms with E-state index in [1.54, 1.807) is 44.3 Å². The number of benzene rings is 3. The average Bonchev–Trinajstić information content (AvgIpc) is 3.52. The van der Waals surface area contributed by atoms with Gasteiger partial charge < -0.3 is 19.6 Å². The first-order valence-electron chi connectivity index (χ1n) is 13.7. The number of aromatic nitrogens is 2. The summed E-state index contributed by atoms with van der Waals surface area (Å²) in [5.41, 5.74) is 6.33. The Labute approximate surface area is 253 Å². The molecule has 44 heavy (non-hydrogen) atoms. The second-order valence-corrected chi connectivity index (χ2v) is 9.91. The quantitative estimate of drug-likeness (QED) is 0.0866. The fourth-order valence-corrected chi connectivity index (χ4v) is 4.55. The molecule has 0 amide bonds. The number of ketones is 1. The molecule has 5 rings (SSSR count). The Kier molecular flexibility index (Phi) is 8.71. The molecule has 2 aromatic heterocycles. The number of anilines is 3. The van der Waals surface area contributed by atoms with Crippen LogP contribution in [-0.2, 0) is 19.3 Å². The minimum absolute atomic E-state index is 0.0767. The van der Waals surface area contributed by atoms with E-state index >= 15 is 0 Å². The van der Waals surface area contributed by atoms with Crippen molar-refractivity contribution in [1.29, 1.82) is 0 Å². The molecule has 5 aromatic rings. The molecule has 0 fully saturated rings. The summed E-state index contributed by atoms with van der Waals surface area (Å²) in [4.78, 5) is 55.3. The lowest BCUT2D eigenvalue weighted by Crippen LogP contribution is -2.13. The van der Waals surface area contributed by atoms with Crippen molar-refractivity contribution < 1.29 is 24.1 Å². The van der Waals surface area contributed by atoms with Gasteiger partial charge in [0.2, 0.25) is 0 Å². The van der Waals surface area contributed by atoms with Gasteiger partial charge in [-0.05, 0) is 67.9 Å². The maximum absolute atomic E-state index is 13.1. The minimum atomic E-state index is -0.537. The van der Waals surface area contributed by atoms with E-state index in [2.05, 4.69) is 20.3 Å². The summed E-state index contributed by atoms with van der Waals surface area (Å²) < 4.78 is 0. The molecule has 10 heteroatoms. The molecule has 220 valence electrons. The zero-order chi connectivity index (χ0) is 31.2. The van der Waals surface area contributed by atoms with E-state index in [0.717, 1.165) is 28.0 Å². The number of nitrogens with zero attached hydrogens (tertiary/aromatic N) is 4. The fourth-order valence-electron chi connectivity index (χ4n) is 4.55. The van der Waals surface area contributed by atoms with Crippen LogP contribution in [0, 0.1) is 0 Å². The smallest absolute Gasteiger partial charge is 0.331 e. The van der Waals surface area contributed by atoms with Crippen LogP contribution in [-0.4, -0.2) is 39.1 Å². The van der Waals surface area contributed by atoms with Crippen molar-refractivity contribution in [2.45, 2.75) is 27.7 Å². The first-order chi connectivity index (χ1) is 21.2. The summed E-state index contributed by atoms with van der Waals surface area (Å²) in [6, 6.07) is 27.9. The summed E-state index contributed by atoms with van der Waals surface area (Å²) >= 11 is 0. The van der Waals surface area contributed by atoms with Crippen molar-refractivity contribution in [3.8, 4) is 0 Å². The van der Waals surface area contributed by atoms with Crippen LogP contribution in [0.2, 0.25) is 0 Å². The highest BCUT2D eigenvalue weighted by molar-refractivity contribution is 6.09. The molecule has 0 aliphatic carbocycles. The predicted molar refractivity (Wildman–Crippen MR) is 169 cm³/mol. The summed E-state index contributed by atoms with van der Waals surface area (Å²) in [6.45, 7) is 6.03. The molecule has 0 saturated heterocycles. The Bertz CT molecular complexity index is 1890. The van der Waals surface area contributed by atoms with Crippen LogP contribution in [0.5, 0.6) is 0 Å². The molecule has 0 atom stereocenters. The largest absolute Gasteiger partial charge is 0.346 e. The Morgan fingerprint density at radius 3 is 1.82 bits per heavy atom. The molecule has 0 aliphatic heterocycles. The number of hydrogen-bond donors (Lipinski definition) is 1. The van der Waals surface area contributed by atoms with E-state index in [0.29, 0.717) is 33.9 Å². The number of fused-ring (bicyclic) bond motifs is 1. The maximum atomic E-state index is 13.1. The first kappa shape index (κ1) is 29.6. The monoisotopic (exact) mass is 587 g/mol. The van der Waals surface area contributed by atoms with Gasteiger partial charge >= 0.3 is 11.9 Å². The summed E-state index contributed by atoms with van der Waals surface area (Å²) in [6.07, 6.45) is 1.79. The Hall–Kier alpha value is -5.90.